The van der Waals surface area contributed by atoms with E-state index in [0.717, 1.165) is 0 Å². The monoisotopic (exact) mass is 369 g/mol. The summed E-state index contributed by atoms with van der Waals surface area (Å²) in [4.78, 5) is 25.0. The van der Waals surface area contributed by atoms with Gasteiger partial charge < -0.3 is 19.6 Å². The topological polar surface area (TPSA) is 85.6 Å². The van der Waals surface area contributed by atoms with Crippen LogP contribution in [0.25, 0.3) is 17.4 Å². The predicted molar refractivity (Wildman–Crippen MR) is 98.7 cm³/mol. The molecule has 1 saturated heterocycles. The van der Waals surface area contributed by atoms with Gasteiger partial charge in [-0.1, -0.05) is 32.0 Å². The van der Waals surface area contributed by atoms with E-state index in [1.54, 1.807) is 30.3 Å². The zero-order valence-electron chi connectivity index (χ0n) is 14.3. The summed E-state index contributed by atoms with van der Waals surface area (Å²) in [7, 11) is 0. The van der Waals surface area contributed by atoms with E-state index in [1.165, 1.54) is 17.0 Å². The second-order valence-electron chi connectivity index (χ2n) is 6.37. The first-order valence-electron chi connectivity index (χ1n) is 8.11. The predicted octanol–water partition coefficient (Wildman–Crippen LogP) is 2.02. The van der Waals surface area contributed by atoms with Crippen molar-refractivity contribution in [2.45, 2.75) is 13.8 Å². The Morgan fingerprint density at radius 1 is 1.35 bits per heavy atom. The lowest BCUT2D eigenvalue weighted by Crippen LogP contribution is -2.33. The Bertz CT molecular complexity index is 914. The van der Waals surface area contributed by atoms with Crippen LogP contribution in [-0.2, 0) is 4.79 Å². The number of thiocarbonyl (C=S) groups is 1. The molecule has 0 atom stereocenters. The first-order valence-corrected chi connectivity index (χ1v) is 8.52. The summed E-state index contributed by atoms with van der Waals surface area (Å²) in [5.74, 6) is -0.193. The Balaban J connectivity index is 1.84. The highest BCUT2D eigenvalue weighted by molar-refractivity contribution is 7.80. The molecule has 26 heavy (non-hydrogen) atoms. The molecular formula is C19H17N2O4S-. The fourth-order valence-corrected chi connectivity index (χ4v) is 2.90. The summed E-state index contributed by atoms with van der Waals surface area (Å²) in [6.07, 6.45) is 1.58. The van der Waals surface area contributed by atoms with Gasteiger partial charge in [0.2, 0.25) is 0 Å². The number of carboxylic acids is 1. The van der Waals surface area contributed by atoms with Crippen LogP contribution in [0.4, 0.5) is 0 Å². The third-order valence-electron chi connectivity index (χ3n) is 3.81. The zero-order chi connectivity index (χ0) is 18.8. The van der Waals surface area contributed by atoms with Crippen LogP contribution in [0.5, 0.6) is 0 Å². The van der Waals surface area contributed by atoms with Gasteiger partial charge in [0.25, 0.3) is 5.91 Å². The molecule has 2 heterocycles. The number of hydrogen-bond donors (Lipinski definition) is 1. The van der Waals surface area contributed by atoms with Crippen molar-refractivity contribution in [3.05, 3.63) is 53.4 Å². The minimum atomic E-state index is -1.25. The molecular weight excluding hydrogens is 352 g/mol. The number of hydrogen-bond acceptors (Lipinski definition) is 5. The molecule has 3 rings (SSSR count). The fraction of sp³-hybridized carbons (Fsp3) is 0.211. The number of rotatable bonds is 5. The lowest BCUT2D eigenvalue weighted by Gasteiger charge is -2.15. The molecule has 0 radical (unpaired) electrons. The third kappa shape index (κ3) is 3.67. The van der Waals surface area contributed by atoms with Crippen molar-refractivity contribution in [2.24, 2.45) is 5.92 Å². The van der Waals surface area contributed by atoms with Crippen LogP contribution in [0, 0.1) is 5.92 Å². The summed E-state index contributed by atoms with van der Waals surface area (Å²) in [6, 6.07) is 9.70. The molecule has 0 unspecified atom stereocenters. The molecule has 134 valence electrons. The van der Waals surface area contributed by atoms with Crippen molar-refractivity contribution in [1.82, 2.24) is 10.2 Å². The third-order valence-corrected chi connectivity index (χ3v) is 4.13. The molecule has 1 aromatic carbocycles. The van der Waals surface area contributed by atoms with Crippen LogP contribution < -0.4 is 10.4 Å². The van der Waals surface area contributed by atoms with E-state index >= 15 is 0 Å². The average molecular weight is 369 g/mol. The molecule has 6 nitrogen and oxygen atoms in total. The van der Waals surface area contributed by atoms with Gasteiger partial charge in [-0.05, 0) is 41.9 Å². The van der Waals surface area contributed by atoms with E-state index < -0.39 is 5.97 Å². The average Bonchev–Trinajstić information content (AvgIpc) is 3.15. The Morgan fingerprint density at radius 2 is 2.12 bits per heavy atom. The number of carbonyl (C=O) groups excluding carboxylic acids is 2. The molecule has 1 aromatic heterocycles. The molecule has 1 aliphatic heterocycles. The molecule has 1 aliphatic rings. The Labute approximate surface area is 156 Å². The number of nitrogens with zero attached hydrogens (tertiary/aromatic N) is 1. The molecule has 7 heteroatoms. The SMILES string of the molecule is CC(C)CN1C(=O)/C(=C/c2ccc(-c3cccc(C(=O)[O-])c3)o2)NC1=S. The van der Waals surface area contributed by atoms with Crippen LogP contribution >= 0.6 is 12.2 Å². The molecule has 0 spiro atoms. The highest BCUT2D eigenvalue weighted by atomic mass is 32.1. The van der Waals surface area contributed by atoms with Crippen molar-refractivity contribution < 1.29 is 19.1 Å². The van der Waals surface area contributed by atoms with Crippen LogP contribution in [0.3, 0.4) is 0 Å². The smallest absolute Gasteiger partial charge is 0.276 e. The molecule has 1 amide bonds. The van der Waals surface area contributed by atoms with Crippen molar-refractivity contribution >= 4 is 35.3 Å². The van der Waals surface area contributed by atoms with Crippen molar-refractivity contribution in [3.63, 3.8) is 0 Å². The normalized spacial score (nSPS) is 15.8. The quantitative estimate of drug-likeness (QED) is 0.641. The Kier molecular flexibility index (Phi) is 4.90. The zero-order valence-corrected chi connectivity index (χ0v) is 15.1. The number of carboxylic acid groups (broad SMARTS) is 1. The summed E-state index contributed by atoms with van der Waals surface area (Å²) in [6.45, 7) is 4.57. The van der Waals surface area contributed by atoms with E-state index in [2.05, 4.69) is 5.32 Å². The number of nitrogens with one attached hydrogen (secondary N) is 1. The second kappa shape index (κ2) is 7.13. The largest absolute Gasteiger partial charge is 0.545 e. The summed E-state index contributed by atoms with van der Waals surface area (Å²) >= 11 is 5.21. The van der Waals surface area contributed by atoms with Crippen LogP contribution in [0.15, 0.2) is 46.5 Å². The van der Waals surface area contributed by atoms with Crippen molar-refractivity contribution in [3.8, 4) is 11.3 Å². The van der Waals surface area contributed by atoms with Gasteiger partial charge >= 0.3 is 0 Å². The van der Waals surface area contributed by atoms with Gasteiger partial charge in [0.1, 0.15) is 17.2 Å². The highest BCUT2D eigenvalue weighted by Gasteiger charge is 2.31. The minimum absolute atomic E-state index is 0.0705. The van der Waals surface area contributed by atoms with Gasteiger partial charge in [0.05, 0.1) is 5.97 Å². The van der Waals surface area contributed by atoms with Gasteiger partial charge in [0, 0.05) is 18.2 Å². The molecule has 1 fully saturated rings. The molecule has 1 N–H and O–H groups in total. The molecule has 2 aromatic rings. The maximum atomic E-state index is 12.4. The van der Waals surface area contributed by atoms with Gasteiger partial charge in [-0.25, -0.2) is 0 Å². The first kappa shape index (κ1) is 17.9. The maximum Gasteiger partial charge on any atom is 0.276 e. The number of amides is 1. The molecule has 0 bridgehead atoms. The minimum Gasteiger partial charge on any atom is -0.545 e. The lowest BCUT2D eigenvalue weighted by atomic mass is 10.1. The van der Waals surface area contributed by atoms with Crippen LogP contribution in [-0.4, -0.2) is 28.4 Å². The number of carbonyl (C=O) groups is 2. The van der Waals surface area contributed by atoms with Gasteiger partial charge in [-0.3, -0.25) is 9.69 Å². The van der Waals surface area contributed by atoms with E-state index in [4.69, 9.17) is 16.6 Å². The number of furan rings is 1. The van der Waals surface area contributed by atoms with E-state index in [0.29, 0.717) is 40.4 Å². The molecule has 0 aliphatic carbocycles. The number of benzene rings is 1. The fourth-order valence-electron chi connectivity index (χ4n) is 2.63. The number of aromatic carboxylic acids is 1. The second-order valence-corrected chi connectivity index (χ2v) is 6.75. The van der Waals surface area contributed by atoms with E-state index in [-0.39, 0.29) is 11.5 Å². The van der Waals surface area contributed by atoms with Gasteiger partial charge in [0.15, 0.2) is 5.11 Å². The summed E-state index contributed by atoms with van der Waals surface area (Å²) in [5, 5.41) is 14.3. The van der Waals surface area contributed by atoms with Gasteiger partial charge in [-0.15, -0.1) is 0 Å². The van der Waals surface area contributed by atoms with Crippen LogP contribution in [0.1, 0.15) is 30.0 Å². The van der Waals surface area contributed by atoms with Crippen LogP contribution in [0.2, 0.25) is 0 Å². The Hall–Kier alpha value is -2.93. The molecule has 0 saturated carbocycles. The van der Waals surface area contributed by atoms with E-state index in [1.807, 2.05) is 13.8 Å². The lowest BCUT2D eigenvalue weighted by molar-refractivity contribution is -0.255. The van der Waals surface area contributed by atoms with Crippen molar-refractivity contribution in [1.29, 1.82) is 0 Å². The summed E-state index contributed by atoms with van der Waals surface area (Å²) in [5.41, 5.74) is 1.03. The van der Waals surface area contributed by atoms with Crippen molar-refractivity contribution in [2.75, 3.05) is 6.54 Å². The van der Waals surface area contributed by atoms with Gasteiger partial charge in [-0.2, -0.15) is 0 Å². The first-order chi connectivity index (χ1) is 12.3. The van der Waals surface area contributed by atoms with E-state index in [9.17, 15) is 14.7 Å². The standard InChI is InChI=1S/C19H18N2O4S/c1-11(2)10-21-17(22)15(20-19(21)26)9-14-6-7-16(25-14)12-4-3-5-13(8-12)18(23)24/h3-9,11H,10H2,1-2H3,(H,20,26)(H,23,24)/p-1/b15-9-. The maximum absolute atomic E-state index is 12.4. The summed E-state index contributed by atoms with van der Waals surface area (Å²) < 4.78 is 5.72. The Morgan fingerprint density at radius 3 is 2.81 bits per heavy atom. The highest BCUT2D eigenvalue weighted by Crippen LogP contribution is 2.25.